The van der Waals surface area contributed by atoms with Crippen LogP contribution in [0.4, 0.5) is 0 Å². The van der Waals surface area contributed by atoms with Crippen LogP contribution in [0.5, 0.6) is 0 Å². The second-order valence-corrected chi connectivity index (χ2v) is 12.0. The van der Waals surface area contributed by atoms with Crippen molar-refractivity contribution in [3.8, 4) is 0 Å². The number of hydrogen-bond acceptors (Lipinski definition) is 5. The first-order valence-electron chi connectivity index (χ1n) is 4.05. The summed E-state index contributed by atoms with van der Waals surface area (Å²) in [5.41, 5.74) is 0. The average molecular weight is 340 g/mol. The van der Waals surface area contributed by atoms with Crippen molar-refractivity contribution in [3.05, 3.63) is 0 Å². The summed E-state index contributed by atoms with van der Waals surface area (Å²) < 4.78 is 17.3. The standard InChI is InChI=1S/C6H12IO4PS/c1-3-5(9)6(11-7(12)13)4(2-8)10-3/h3-4,6,8,13H,2,12H2,1H3/t3-,4-,6+/m1/s1/i8T. The van der Waals surface area contributed by atoms with Crippen LogP contribution in [0.25, 0.3) is 0 Å². The van der Waals surface area contributed by atoms with Gasteiger partial charge in [-0.1, -0.05) is 0 Å². The molecule has 4 atom stereocenters. The molecule has 0 aromatic heterocycles. The van der Waals surface area contributed by atoms with Gasteiger partial charge in [-0.2, -0.15) is 0 Å². The van der Waals surface area contributed by atoms with Crippen LogP contribution in [-0.2, 0) is 12.6 Å². The first-order chi connectivity index (χ1) is 6.56. The quantitative estimate of drug-likeness (QED) is 0.451. The second kappa shape index (κ2) is 5.23. The van der Waals surface area contributed by atoms with Gasteiger partial charge in [-0.15, -0.1) is 0 Å². The molecular weight excluding hydrogens is 326 g/mol. The third-order valence-electron chi connectivity index (χ3n) is 1.75. The molecule has 0 saturated carbocycles. The van der Waals surface area contributed by atoms with E-state index in [4.69, 9.17) is 9.23 Å². The van der Waals surface area contributed by atoms with Crippen molar-refractivity contribution in [2.24, 2.45) is 0 Å². The summed E-state index contributed by atoms with van der Waals surface area (Å²) in [7, 11) is 4.15. The van der Waals surface area contributed by atoms with E-state index < -0.39 is 36.6 Å². The summed E-state index contributed by atoms with van der Waals surface area (Å²) in [6.07, 6.45) is -1.56. The Hall–Kier alpha value is 1.06. The van der Waals surface area contributed by atoms with Gasteiger partial charge in [0.1, 0.15) is 0 Å². The van der Waals surface area contributed by atoms with Crippen LogP contribution in [0.15, 0.2) is 0 Å². The zero-order chi connectivity index (χ0) is 10.7. The summed E-state index contributed by atoms with van der Waals surface area (Å²) >= 11 is -1.82. The number of Topliss-reactive ketones (excluding diaryl/α,β-unsaturated/α-hetero) is 1. The van der Waals surface area contributed by atoms with E-state index >= 15 is 0 Å². The Balaban J connectivity index is 2.61. The fourth-order valence-corrected chi connectivity index (χ4v) is 3.60. The summed E-state index contributed by atoms with van der Waals surface area (Å²) in [6, 6.07) is 0. The number of halogens is 1. The normalized spacial score (nSPS) is 36.2. The minimum absolute atomic E-state index is 0.0448. The number of ketones is 1. The van der Waals surface area contributed by atoms with Crippen molar-refractivity contribution in [2.45, 2.75) is 25.2 Å². The van der Waals surface area contributed by atoms with E-state index in [1.165, 1.54) is 0 Å². The first-order valence-corrected chi connectivity index (χ1v) is 11.9. The van der Waals surface area contributed by atoms with Crippen molar-refractivity contribution in [3.63, 3.8) is 0 Å². The van der Waals surface area contributed by atoms with Crippen molar-refractivity contribution < 1.29 is 17.7 Å². The molecule has 1 aliphatic heterocycles. The van der Waals surface area contributed by atoms with E-state index in [2.05, 4.69) is 21.8 Å². The molecule has 0 aromatic rings. The summed E-state index contributed by atoms with van der Waals surface area (Å²) in [4.78, 5) is 11.5. The van der Waals surface area contributed by atoms with E-state index in [0.29, 0.717) is 0 Å². The molecule has 78 valence electrons. The van der Waals surface area contributed by atoms with Gasteiger partial charge in [0.25, 0.3) is 0 Å². The number of rotatable bonds is 4. The van der Waals surface area contributed by atoms with Crippen molar-refractivity contribution in [1.82, 2.24) is 0 Å². The molecule has 4 nitrogen and oxygen atoms in total. The first kappa shape index (κ1) is 10.6. The van der Waals surface area contributed by atoms with Crippen LogP contribution in [0, 0.1) is 0 Å². The van der Waals surface area contributed by atoms with E-state index in [1.54, 1.807) is 6.92 Å². The van der Waals surface area contributed by atoms with Crippen molar-refractivity contribution in [2.75, 3.05) is 6.61 Å². The van der Waals surface area contributed by atoms with Gasteiger partial charge < -0.3 is 0 Å². The van der Waals surface area contributed by atoms with Crippen molar-refractivity contribution in [1.29, 1.82) is 1.43 Å². The summed E-state index contributed by atoms with van der Waals surface area (Å²) in [5, 5.41) is 4.21. The molecule has 0 bridgehead atoms. The molecule has 7 heteroatoms. The van der Waals surface area contributed by atoms with Crippen LogP contribution < -0.4 is 0 Å². The summed E-state index contributed by atoms with van der Waals surface area (Å²) in [6.45, 7) is 4.18. The van der Waals surface area contributed by atoms with Gasteiger partial charge in [0.15, 0.2) is 0 Å². The molecule has 1 heterocycles. The molecule has 0 spiro atoms. The Labute approximate surface area is 91.6 Å². The molecule has 1 aliphatic rings. The number of hydrogen-bond donors (Lipinski definition) is 2. The van der Waals surface area contributed by atoms with E-state index in [1.807, 2.05) is 0 Å². The van der Waals surface area contributed by atoms with E-state index in [0.717, 1.165) is 0 Å². The topological polar surface area (TPSA) is 55.8 Å². The molecule has 1 saturated heterocycles. The maximum atomic E-state index is 11.5. The number of thiol groups is 1. The number of aliphatic hydroxyl groups is 1. The average Bonchev–Trinajstić information content (AvgIpc) is 2.33. The molecule has 0 aliphatic carbocycles. The number of carbonyl (C=O) groups is 1. The van der Waals surface area contributed by atoms with Crippen LogP contribution in [0.1, 0.15) is 6.92 Å². The fourth-order valence-electron chi connectivity index (χ4n) is 1.14. The summed E-state index contributed by atoms with van der Waals surface area (Å²) in [5.74, 6) is -0.0918. The number of carbonyl (C=O) groups excluding carboxylic acids is 1. The zero-order valence-corrected chi connectivity index (χ0v) is 11.2. The predicted octanol–water partition coefficient (Wildman–Crippen LogP) is 0.777. The van der Waals surface area contributed by atoms with Gasteiger partial charge in [-0.25, -0.2) is 0 Å². The molecule has 0 amide bonds. The van der Waals surface area contributed by atoms with Crippen LogP contribution in [0.2, 0.25) is 0 Å². The molecule has 1 unspecified atom stereocenters. The Morgan fingerprint density at radius 3 is 3.23 bits per heavy atom. The Morgan fingerprint density at radius 1 is 2.00 bits per heavy atom. The third kappa shape index (κ3) is 3.00. The molecular formula is C6H12IO4PS. The van der Waals surface area contributed by atoms with Crippen LogP contribution in [0.3, 0.4) is 0 Å². The van der Waals surface area contributed by atoms with Crippen LogP contribution in [-0.4, -0.2) is 37.2 Å². The zero-order valence-electron chi connectivity index (χ0n) is 7.97. The Morgan fingerprint density at radius 2 is 2.69 bits per heavy atom. The molecule has 0 aromatic carbocycles. The number of aliphatic hydroxyl groups excluding tert-OH is 1. The van der Waals surface area contributed by atoms with Gasteiger partial charge in [0.05, 0.1) is 0 Å². The number of ether oxygens (including phenoxy) is 1. The Bertz CT molecular complexity index is 220. The van der Waals surface area contributed by atoms with Gasteiger partial charge in [0.2, 0.25) is 0 Å². The van der Waals surface area contributed by atoms with Gasteiger partial charge in [-0.3, -0.25) is 0 Å². The minimum atomic E-state index is -1.82. The van der Waals surface area contributed by atoms with Gasteiger partial charge in [0, 0.05) is 0 Å². The van der Waals surface area contributed by atoms with Crippen molar-refractivity contribution >= 4 is 40.8 Å². The molecule has 1 rings (SSSR count). The molecule has 13 heavy (non-hydrogen) atoms. The van der Waals surface area contributed by atoms with Gasteiger partial charge >= 0.3 is 91.7 Å². The SMILES string of the molecule is [3H]OC[C@H]1O[C@H](C)C(=O)[C@H]1OI(P)S. The van der Waals surface area contributed by atoms with Crippen LogP contribution >= 0.6 is 35.0 Å². The molecule has 1 fully saturated rings. The van der Waals surface area contributed by atoms with E-state index in [9.17, 15) is 4.79 Å². The predicted molar refractivity (Wildman–Crippen MR) is 64.0 cm³/mol. The molecule has 1 N–H and O–H groups in total. The Kier molecular flexibility index (Phi) is 4.25. The molecule has 0 radical (unpaired) electrons. The monoisotopic (exact) mass is 340 g/mol. The second-order valence-electron chi connectivity index (χ2n) is 2.65. The van der Waals surface area contributed by atoms with Gasteiger partial charge in [-0.05, 0) is 0 Å². The fraction of sp³-hybridized carbons (Fsp3) is 0.833. The third-order valence-corrected chi connectivity index (χ3v) is 4.04. The van der Waals surface area contributed by atoms with E-state index in [-0.39, 0.29) is 12.4 Å². The maximum absolute atomic E-state index is 11.5.